The molecule has 3 aromatic rings. The normalized spacial score (nSPS) is 13.6. The van der Waals surface area contributed by atoms with Crippen LogP contribution in [0.4, 0.5) is 0 Å². The van der Waals surface area contributed by atoms with Crippen LogP contribution in [0, 0.1) is 6.92 Å². The smallest absolute Gasteiger partial charge is 0.317 e. The Kier molecular flexibility index (Phi) is 8.46. The summed E-state index contributed by atoms with van der Waals surface area (Å²) in [6.45, 7) is 5.99. The molecule has 1 heterocycles. The lowest BCUT2D eigenvalue weighted by atomic mass is 9.94. The number of allylic oxidation sites excluding steroid dienone is 2. The maximum absolute atomic E-state index is 11.2. The van der Waals surface area contributed by atoms with Gasteiger partial charge in [-0.15, -0.1) is 0 Å². The van der Waals surface area contributed by atoms with Crippen LogP contribution in [0.3, 0.4) is 0 Å². The van der Waals surface area contributed by atoms with Gasteiger partial charge >= 0.3 is 5.97 Å². The molecule has 0 atom stereocenters. The van der Waals surface area contributed by atoms with Gasteiger partial charge in [-0.3, -0.25) is 9.69 Å². The van der Waals surface area contributed by atoms with Crippen molar-refractivity contribution < 1.29 is 19.2 Å². The number of aliphatic carboxylic acids is 1. The monoisotopic (exact) mass is 487 g/mol. The Labute approximate surface area is 212 Å². The first-order valence-corrected chi connectivity index (χ1v) is 12.3. The molecule has 7 heteroatoms. The maximum atomic E-state index is 11.2. The molecular weight excluding hydrogens is 454 g/mol. The van der Waals surface area contributed by atoms with E-state index in [4.69, 9.17) is 14.2 Å². The highest BCUT2D eigenvalue weighted by Crippen LogP contribution is 2.32. The second kappa shape index (κ2) is 11.9. The number of ether oxygens (including phenoxy) is 1. The number of carboxylic acid groups (broad SMARTS) is 1. The number of carbonyl (C=O) groups is 1. The average molecular weight is 488 g/mol. The summed E-state index contributed by atoms with van der Waals surface area (Å²) < 4.78 is 11.1. The lowest BCUT2D eigenvalue weighted by Crippen LogP contribution is -2.32. The minimum Gasteiger partial charge on any atom is -0.480 e. The van der Waals surface area contributed by atoms with Crippen LogP contribution in [0.1, 0.15) is 43.1 Å². The number of methoxy groups -OCH3 is 1. The molecule has 0 amide bonds. The molecule has 1 N–H and O–H groups in total. The van der Waals surface area contributed by atoms with Gasteiger partial charge < -0.3 is 14.4 Å². The van der Waals surface area contributed by atoms with Crippen LogP contribution in [-0.2, 0) is 16.1 Å². The first kappa shape index (κ1) is 25.5. The van der Waals surface area contributed by atoms with Crippen molar-refractivity contribution in [3.05, 3.63) is 77.1 Å². The molecule has 1 aliphatic rings. The summed E-state index contributed by atoms with van der Waals surface area (Å²) in [5.41, 5.74) is 7.50. The van der Waals surface area contributed by atoms with Gasteiger partial charge in [0.05, 0.1) is 13.2 Å². The van der Waals surface area contributed by atoms with Crippen LogP contribution in [0.25, 0.3) is 28.2 Å². The summed E-state index contributed by atoms with van der Waals surface area (Å²) in [5, 5.41) is 13.5. The van der Waals surface area contributed by atoms with Gasteiger partial charge in [-0.2, -0.15) is 4.98 Å². The van der Waals surface area contributed by atoms with E-state index in [0.29, 0.717) is 24.9 Å². The van der Waals surface area contributed by atoms with Crippen LogP contribution in [0.5, 0.6) is 0 Å². The Morgan fingerprint density at radius 1 is 1.19 bits per heavy atom. The van der Waals surface area contributed by atoms with E-state index in [-0.39, 0.29) is 6.54 Å². The van der Waals surface area contributed by atoms with Gasteiger partial charge in [-0.25, -0.2) is 0 Å². The van der Waals surface area contributed by atoms with E-state index in [1.54, 1.807) is 7.11 Å². The van der Waals surface area contributed by atoms with E-state index in [0.717, 1.165) is 53.6 Å². The number of benzene rings is 2. The second-order valence-corrected chi connectivity index (χ2v) is 9.13. The highest BCUT2D eigenvalue weighted by molar-refractivity contribution is 5.74. The Hall–Kier alpha value is -3.55. The maximum Gasteiger partial charge on any atom is 0.317 e. The largest absolute Gasteiger partial charge is 0.480 e. The molecule has 2 aromatic carbocycles. The van der Waals surface area contributed by atoms with Crippen molar-refractivity contribution in [2.45, 2.75) is 39.7 Å². The van der Waals surface area contributed by atoms with Crippen molar-refractivity contribution >= 4 is 11.5 Å². The molecule has 188 valence electrons. The van der Waals surface area contributed by atoms with Gasteiger partial charge in [-0.05, 0) is 72.7 Å². The summed E-state index contributed by atoms with van der Waals surface area (Å²) in [7, 11) is 1.69. The van der Waals surface area contributed by atoms with Crippen LogP contribution in [0.15, 0.2) is 64.7 Å². The van der Waals surface area contributed by atoms with Gasteiger partial charge in [0, 0.05) is 24.8 Å². The van der Waals surface area contributed by atoms with E-state index in [9.17, 15) is 9.90 Å². The van der Waals surface area contributed by atoms with Crippen molar-refractivity contribution in [1.82, 2.24) is 15.0 Å². The SMILES string of the molecule is CCCN(CC(=O)O)CC1=CCCC(c2noc(-c3ccc(-c4ccccc4C)c(COC)c3)n2)=C1. The number of aromatic nitrogens is 2. The zero-order valence-electron chi connectivity index (χ0n) is 21.2. The minimum absolute atomic E-state index is 0.0308. The van der Waals surface area contributed by atoms with E-state index in [1.807, 2.05) is 23.1 Å². The summed E-state index contributed by atoms with van der Waals surface area (Å²) in [6.07, 6.45) is 6.81. The topological polar surface area (TPSA) is 88.7 Å². The lowest BCUT2D eigenvalue weighted by molar-refractivity contribution is -0.138. The summed E-state index contributed by atoms with van der Waals surface area (Å²) >= 11 is 0. The van der Waals surface area contributed by atoms with Crippen LogP contribution in [0.2, 0.25) is 0 Å². The number of aryl methyl sites for hydroxylation is 1. The Balaban J connectivity index is 1.57. The molecule has 7 nitrogen and oxygen atoms in total. The quantitative estimate of drug-likeness (QED) is 0.368. The number of hydrogen-bond donors (Lipinski definition) is 1. The molecule has 0 unspecified atom stereocenters. The molecule has 0 saturated carbocycles. The predicted molar refractivity (Wildman–Crippen MR) is 140 cm³/mol. The first-order chi connectivity index (χ1) is 17.5. The first-order valence-electron chi connectivity index (χ1n) is 12.3. The summed E-state index contributed by atoms with van der Waals surface area (Å²) in [6, 6.07) is 14.4. The van der Waals surface area contributed by atoms with Crippen molar-refractivity contribution in [1.29, 1.82) is 0 Å². The van der Waals surface area contributed by atoms with Gasteiger partial charge in [-0.1, -0.05) is 54.6 Å². The van der Waals surface area contributed by atoms with Crippen LogP contribution < -0.4 is 0 Å². The third-order valence-corrected chi connectivity index (χ3v) is 6.29. The summed E-state index contributed by atoms with van der Waals surface area (Å²) in [5.74, 6) is 0.231. The molecular formula is C29H33N3O4. The van der Waals surface area contributed by atoms with Crippen molar-refractivity contribution in [3.63, 3.8) is 0 Å². The molecule has 0 bridgehead atoms. The van der Waals surface area contributed by atoms with Crippen LogP contribution >= 0.6 is 0 Å². The molecule has 1 aromatic heterocycles. The van der Waals surface area contributed by atoms with Crippen molar-refractivity contribution in [2.24, 2.45) is 0 Å². The highest BCUT2D eigenvalue weighted by Gasteiger charge is 2.18. The number of carboxylic acids is 1. The fraction of sp³-hybridized carbons (Fsp3) is 0.345. The Bertz CT molecular complexity index is 1280. The van der Waals surface area contributed by atoms with E-state index < -0.39 is 5.97 Å². The van der Waals surface area contributed by atoms with Gasteiger partial charge in [0.2, 0.25) is 0 Å². The average Bonchev–Trinajstić information content (AvgIpc) is 3.35. The molecule has 4 rings (SSSR count). The fourth-order valence-corrected chi connectivity index (χ4v) is 4.64. The van der Waals surface area contributed by atoms with Gasteiger partial charge in [0.15, 0.2) is 5.82 Å². The molecule has 0 radical (unpaired) electrons. The zero-order valence-corrected chi connectivity index (χ0v) is 21.2. The number of rotatable bonds is 11. The fourth-order valence-electron chi connectivity index (χ4n) is 4.64. The van der Waals surface area contributed by atoms with Crippen molar-refractivity contribution in [3.8, 4) is 22.6 Å². The third-order valence-electron chi connectivity index (χ3n) is 6.29. The van der Waals surface area contributed by atoms with E-state index in [1.165, 1.54) is 11.1 Å². The second-order valence-electron chi connectivity index (χ2n) is 9.13. The van der Waals surface area contributed by atoms with E-state index in [2.05, 4.69) is 55.4 Å². The molecule has 0 aliphatic heterocycles. The Morgan fingerprint density at radius 3 is 2.78 bits per heavy atom. The molecule has 0 spiro atoms. The number of hydrogen-bond acceptors (Lipinski definition) is 6. The minimum atomic E-state index is -0.812. The molecule has 0 fully saturated rings. The third kappa shape index (κ3) is 6.17. The lowest BCUT2D eigenvalue weighted by Gasteiger charge is -2.21. The standard InChI is InChI=1S/C29H33N3O4/c1-4-14-32(18-27(33)34)17-21-9-7-10-22(15-21)28-30-29(36-31-28)23-12-13-26(24(16-23)19-35-3)25-11-6-5-8-20(25)2/h5-6,8-9,11-13,15-16H,4,7,10,14,17-19H2,1-3H3,(H,33,34). The highest BCUT2D eigenvalue weighted by atomic mass is 16.5. The van der Waals surface area contributed by atoms with Gasteiger partial charge in [0.25, 0.3) is 5.89 Å². The Morgan fingerprint density at radius 2 is 2.03 bits per heavy atom. The summed E-state index contributed by atoms with van der Waals surface area (Å²) in [4.78, 5) is 17.9. The number of nitrogens with zero attached hydrogens (tertiary/aromatic N) is 3. The van der Waals surface area contributed by atoms with E-state index >= 15 is 0 Å². The molecule has 0 saturated heterocycles. The molecule has 36 heavy (non-hydrogen) atoms. The van der Waals surface area contributed by atoms with Gasteiger partial charge in [0.1, 0.15) is 0 Å². The zero-order chi connectivity index (χ0) is 25.5. The molecule has 1 aliphatic carbocycles. The van der Waals surface area contributed by atoms with Crippen LogP contribution in [-0.4, -0.2) is 52.9 Å². The predicted octanol–water partition coefficient (Wildman–Crippen LogP) is 5.76. The van der Waals surface area contributed by atoms with Crippen molar-refractivity contribution in [2.75, 3.05) is 26.7 Å².